The maximum atomic E-state index is 15.0. The standard InChI is InChI=1S/C26H23F3N4O3/c1-16-8-9-17-19(32-16)5-3-6-20(17)33-24(18-4-2-7-21-23(18)36-15-35-21)25(14-34,26(27,28)29)11-10-22-30-12-13-31-22/h2-9,12-14,24,33H,10-11,15H2,1H3,(H,30,31). The quantitative estimate of drug-likeness (QED) is 0.312. The van der Waals surface area contributed by atoms with Crippen molar-refractivity contribution in [3.05, 3.63) is 78.0 Å². The van der Waals surface area contributed by atoms with Gasteiger partial charge in [-0.3, -0.25) is 4.98 Å². The van der Waals surface area contributed by atoms with Gasteiger partial charge in [0.05, 0.1) is 11.6 Å². The van der Waals surface area contributed by atoms with Gasteiger partial charge < -0.3 is 24.6 Å². The molecule has 0 fully saturated rings. The zero-order valence-corrected chi connectivity index (χ0v) is 19.3. The molecule has 0 amide bonds. The summed E-state index contributed by atoms with van der Waals surface area (Å²) < 4.78 is 55.9. The predicted molar refractivity (Wildman–Crippen MR) is 127 cm³/mol. The molecule has 2 aromatic carbocycles. The number of anilines is 1. The molecule has 5 rings (SSSR count). The van der Waals surface area contributed by atoms with Gasteiger partial charge in [0, 0.05) is 41.1 Å². The number of H-pyrrole nitrogens is 1. The third-order valence-electron chi connectivity index (χ3n) is 6.49. The largest absolute Gasteiger partial charge is 0.454 e. The molecule has 2 aromatic heterocycles. The van der Waals surface area contributed by atoms with Gasteiger partial charge in [-0.15, -0.1) is 0 Å². The number of ether oxygens (including phenoxy) is 2. The molecule has 0 saturated carbocycles. The molecular weight excluding hydrogens is 473 g/mol. The molecule has 1 aliphatic rings. The van der Waals surface area contributed by atoms with Crippen LogP contribution in [-0.4, -0.2) is 34.2 Å². The number of hydrogen-bond acceptors (Lipinski definition) is 6. The van der Waals surface area contributed by atoms with Crippen molar-refractivity contribution >= 4 is 22.9 Å². The summed E-state index contributed by atoms with van der Waals surface area (Å²) in [4.78, 5) is 23.9. The number of para-hydroxylation sites is 1. The van der Waals surface area contributed by atoms with Crippen LogP contribution in [0.15, 0.2) is 60.9 Å². The van der Waals surface area contributed by atoms with Gasteiger partial charge in [-0.2, -0.15) is 13.2 Å². The molecule has 10 heteroatoms. The van der Waals surface area contributed by atoms with E-state index in [0.717, 1.165) is 5.69 Å². The second-order valence-electron chi connectivity index (χ2n) is 8.68. The summed E-state index contributed by atoms with van der Waals surface area (Å²) in [6.45, 7) is 1.71. The molecule has 0 bridgehead atoms. The number of halogens is 3. The van der Waals surface area contributed by atoms with Gasteiger partial charge in [-0.25, -0.2) is 4.98 Å². The Morgan fingerprint density at radius 3 is 2.72 bits per heavy atom. The Kier molecular flexibility index (Phi) is 6.03. The van der Waals surface area contributed by atoms with Crippen LogP contribution in [0.1, 0.15) is 29.5 Å². The first-order valence-electron chi connectivity index (χ1n) is 11.3. The van der Waals surface area contributed by atoms with E-state index in [4.69, 9.17) is 9.47 Å². The van der Waals surface area contributed by atoms with Crippen molar-refractivity contribution in [2.45, 2.75) is 32.0 Å². The molecule has 1 aliphatic heterocycles. The van der Waals surface area contributed by atoms with Crippen LogP contribution in [0.5, 0.6) is 11.5 Å². The van der Waals surface area contributed by atoms with E-state index in [-0.39, 0.29) is 30.8 Å². The molecule has 4 aromatic rings. The van der Waals surface area contributed by atoms with Gasteiger partial charge in [0.25, 0.3) is 0 Å². The van der Waals surface area contributed by atoms with E-state index in [1.807, 2.05) is 6.92 Å². The zero-order valence-electron chi connectivity index (χ0n) is 19.3. The smallest absolute Gasteiger partial charge is 0.403 e. The topological polar surface area (TPSA) is 89.1 Å². The summed E-state index contributed by atoms with van der Waals surface area (Å²) in [6.07, 6.45) is -2.55. The second-order valence-corrected chi connectivity index (χ2v) is 8.68. The maximum absolute atomic E-state index is 15.0. The average molecular weight is 496 g/mol. The molecular formula is C26H23F3N4O3. The van der Waals surface area contributed by atoms with Crippen LogP contribution in [-0.2, 0) is 11.2 Å². The number of hydrogen-bond donors (Lipinski definition) is 2. The third-order valence-corrected chi connectivity index (χ3v) is 6.49. The number of carbonyl (C=O) groups is 1. The van der Waals surface area contributed by atoms with Crippen molar-refractivity contribution in [2.24, 2.45) is 5.41 Å². The van der Waals surface area contributed by atoms with Crippen LogP contribution >= 0.6 is 0 Å². The number of aryl methyl sites for hydroxylation is 2. The van der Waals surface area contributed by atoms with E-state index in [1.54, 1.807) is 42.5 Å². The van der Waals surface area contributed by atoms with Gasteiger partial charge in [0.2, 0.25) is 6.79 Å². The lowest BCUT2D eigenvalue weighted by Gasteiger charge is -2.39. The molecule has 0 spiro atoms. The number of pyridine rings is 1. The Morgan fingerprint density at radius 2 is 1.97 bits per heavy atom. The van der Waals surface area contributed by atoms with E-state index in [9.17, 15) is 18.0 Å². The van der Waals surface area contributed by atoms with E-state index >= 15 is 0 Å². The molecule has 0 saturated heterocycles. The summed E-state index contributed by atoms with van der Waals surface area (Å²) in [5, 5.41) is 3.69. The first-order valence-corrected chi connectivity index (χ1v) is 11.3. The summed E-state index contributed by atoms with van der Waals surface area (Å²) in [7, 11) is 0. The number of aromatic amines is 1. The van der Waals surface area contributed by atoms with Crippen molar-refractivity contribution < 1.29 is 27.4 Å². The van der Waals surface area contributed by atoms with Gasteiger partial charge in [0.1, 0.15) is 17.5 Å². The number of alkyl halides is 3. The Balaban J connectivity index is 1.68. The summed E-state index contributed by atoms with van der Waals surface area (Å²) >= 11 is 0. The molecule has 7 nitrogen and oxygen atoms in total. The molecule has 36 heavy (non-hydrogen) atoms. The Hall–Kier alpha value is -4.08. The fourth-order valence-electron chi connectivity index (χ4n) is 4.61. The molecule has 0 aliphatic carbocycles. The number of carbonyl (C=O) groups excluding carboxylic acids is 1. The van der Waals surface area contributed by atoms with E-state index in [2.05, 4.69) is 20.3 Å². The van der Waals surface area contributed by atoms with Gasteiger partial charge >= 0.3 is 6.18 Å². The summed E-state index contributed by atoms with van der Waals surface area (Å²) in [5.41, 5.74) is -0.836. The Morgan fingerprint density at radius 1 is 1.14 bits per heavy atom. The number of aldehydes is 1. The third kappa shape index (κ3) is 4.12. The minimum absolute atomic E-state index is 0.00363. The lowest BCUT2D eigenvalue weighted by Crippen LogP contribution is -2.48. The highest BCUT2D eigenvalue weighted by Gasteiger charge is 2.60. The summed E-state index contributed by atoms with van der Waals surface area (Å²) in [5.74, 6) is 0.854. The van der Waals surface area contributed by atoms with Crippen LogP contribution < -0.4 is 14.8 Å². The Bertz CT molecular complexity index is 1390. The summed E-state index contributed by atoms with van der Waals surface area (Å²) in [6, 6.07) is 11.9. The number of nitrogens with zero attached hydrogens (tertiary/aromatic N) is 2. The van der Waals surface area contributed by atoms with Crippen molar-refractivity contribution in [1.82, 2.24) is 15.0 Å². The minimum Gasteiger partial charge on any atom is -0.454 e. The first-order chi connectivity index (χ1) is 17.3. The first kappa shape index (κ1) is 23.7. The van der Waals surface area contributed by atoms with E-state index in [1.165, 1.54) is 18.5 Å². The van der Waals surface area contributed by atoms with Gasteiger partial charge in [-0.05, 0) is 43.7 Å². The number of aromatic nitrogens is 3. The van der Waals surface area contributed by atoms with Crippen LogP contribution in [0.2, 0.25) is 0 Å². The molecule has 3 heterocycles. The highest BCUT2D eigenvalue weighted by Crippen LogP contribution is 2.54. The monoisotopic (exact) mass is 496 g/mol. The van der Waals surface area contributed by atoms with Crippen LogP contribution in [0.4, 0.5) is 18.9 Å². The van der Waals surface area contributed by atoms with Crippen molar-refractivity contribution in [3.8, 4) is 11.5 Å². The second kappa shape index (κ2) is 9.18. The SMILES string of the molecule is Cc1ccc2c(NC(c3cccc4c3OCO4)C(C=O)(CCc3ncc[nH]3)C(F)(F)F)cccc2n1. The van der Waals surface area contributed by atoms with Crippen LogP contribution in [0.3, 0.4) is 0 Å². The highest BCUT2D eigenvalue weighted by atomic mass is 19.4. The number of benzene rings is 2. The van der Waals surface area contributed by atoms with Crippen LogP contribution in [0, 0.1) is 12.3 Å². The van der Waals surface area contributed by atoms with E-state index in [0.29, 0.717) is 28.2 Å². The van der Waals surface area contributed by atoms with Gasteiger partial charge in [-0.1, -0.05) is 18.2 Å². The normalized spacial score (nSPS) is 15.4. The zero-order chi connectivity index (χ0) is 25.3. The number of nitrogens with one attached hydrogen (secondary N) is 2. The molecule has 186 valence electrons. The molecule has 2 atom stereocenters. The van der Waals surface area contributed by atoms with E-state index < -0.39 is 24.1 Å². The maximum Gasteiger partial charge on any atom is 0.403 e. The Labute approximate surface area is 204 Å². The number of fused-ring (bicyclic) bond motifs is 2. The lowest BCUT2D eigenvalue weighted by molar-refractivity contribution is -0.221. The molecule has 2 unspecified atom stereocenters. The van der Waals surface area contributed by atoms with Crippen molar-refractivity contribution in [1.29, 1.82) is 0 Å². The molecule has 2 N–H and O–H groups in total. The fourth-order valence-corrected chi connectivity index (χ4v) is 4.61. The number of rotatable bonds is 8. The minimum atomic E-state index is -4.90. The highest BCUT2D eigenvalue weighted by molar-refractivity contribution is 5.92. The average Bonchev–Trinajstić information content (AvgIpc) is 3.55. The fraction of sp³-hybridized carbons (Fsp3) is 0.269. The predicted octanol–water partition coefficient (Wildman–Crippen LogP) is 5.53. The van der Waals surface area contributed by atoms with Gasteiger partial charge in [0.15, 0.2) is 11.5 Å². The molecule has 0 radical (unpaired) electrons. The van der Waals surface area contributed by atoms with Crippen molar-refractivity contribution in [3.63, 3.8) is 0 Å². The van der Waals surface area contributed by atoms with Crippen LogP contribution in [0.25, 0.3) is 10.9 Å². The lowest BCUT2D eigenvalue weighted by atomic mass is 9.73. The van der Waals surface area contributed by atoms with Crippen molar-refractivity contribution in [2.75, 3.05) is 12.1 Å². The number of imidazole rings is 1.